The Morgan fingerprint density at radius 1 is 1.22 bits per heavy atom. The van der Waals surface area contributed by atoms with Crippen LogP contribution in [-0.2, 0) is 13.6 Å². The van der Waals surface area contributed by atoms with Gasteiger partial charge in [-0.3, -0.25) is 9.05 Å². The molecule has 0 rings (SSSR count). The van der Waals surface area contributed by atoms with Gasteiger partial charge in [-0.2, -0.15) is 0 Å². The van der Waals surface area contributed by atoms with Gasteiger partial charge in [-0.25, -0.2) is 4.57 Å². The normalized spacial score (nSPS) is 9.22. The fourth-order valence-corrected chi connectivity index (χ4v) is 0.224. The molecule has 5 heteroatoms. The summed E-state index contributed by atoms with van der Waals surface area (Å²) in [6.45, 7) is 0. The lowest BCUT2D eigenvalue weighted by Crippen LogP contribution is -1.83. The maximum atomic E-state index is 10.1. The maximum Gasteiger partial charge on any atom is 0.471 e. The molecule has 60 valence electrons. The Morgan fingerprint density at radius 3 is 1.44 bits per heavy atom. The number of rotatable bonds is 2. The van der Waals surface area contributed by atoms with Crippen LogP contribution in [0.2, 0.25) is 0 Å². The smallest absolute Gasteiger partial charge is 0.303 e. The molecular weight excluding hydrogens is 143 g/mol. The van der Waals surface area contributed by atoms with Gasteiger partial charge in [-0.15, -0.1) is 0 Å². The minimum Gasteiger partial charge on any atom is -0.303 e. The summed E-state index contributed by atoms with van der Waals surface area (Å²) in [6.07, 6.45) is 0. The van der Waals surface area contributed by atoms with Crippen molar-refractivity contribution in [1.82, 2.24) is 0 Å². The van der Waals surface area contributed by atoms with Crippen LogP contribution in [0.15, 0.2) is 0 Å². The standard InChI is InChI=1S/C2H7O4P.2CH4/c1-5-7(3,4)6-2;;/h1-2H3,(H,3,4);2*1H4. The van der Waals surface area contributed by atoms with Crippen LogP contribution in [-0.4, -0.2) is 19.1 Å². The van der Waals surface area contributed by atoms with Crippen molar-refractivity contribution in [3.05, 3.63) is 0 Å². The molecule has 0 spiro atoms. The number of phosphoric ester groups is 1. The van der Waals surface area contributed by atoms with Crippen LogP contribution >= 0.6 is 7.82 Å². The summed E-state index contributed by atoms with van der Waals surface area (Å²) in [5.74, 6) is 0. The lowest BCUT2D eigenvalue weighted by atomic mass is 11.8. The van der Waals surface area contributed by atoms with Crippen LogP contribution in [0, 0.1) is 0 Å². The Bertz CT molecular complexity index is 84.6. The first-order chi connectivity index (χ1) is 3.12. The molecule has 0 radical (unpaired) electrons. The minimum absolute atomic E-state index is 0. The van der Waals surface area contributed by atoms with Crippen molar-refractivity contribution in [1.29, 1.82) is 0 Å². The van der Waals surface area contributed by atoms with E-state index in [0.717, 1.165) is 14.2 Å². The average molecular weight is 158 g/mol. The molecule has 4 nitrogen and oxygen atoms in total. The van der Waals surface area contributed by atoms with E-state index in [2.05, 4.69) is 9.05 Å². The quantitative estimate of drug-likeness (QED) is 0.621. The van der Waals surface area contributed by atoms with Crippen molar-refractivity contribution in [2.75, 3.05) is 14.2 Å². The highest BCUT2D eigenvalue weighted by Crippen LogP contribution is 2.40. The molecule has 0 aliphatic rings. The molecule has 0 heterocycles. The Labute approximate surface area is 56.4 Å². The van der Waals surface area contributed by atoms with Gasteiger partial charge in [0.2, 0.25) is 0 Å². The molecule has 0 unspecified atom stereocenters. The van der Waals surface area contributed by atoms with E-state index in [1.165, 1.54) is 0 Å². The van der Waals surface area contributed by atoms with E-state index < -0.39 is 7.82 Å². The van der Waals surface area contributed by atoms with E-state index in [4.69, 9.17) is 4.89 Å². The predicted molar refractivity (Wildman–Crippen MR) is 37.3 cm³/mol. The molecular formula is C4H15O4P. The SMILES string of the molecule is C.C.COP(=O)(O)OC. The molecule has 0 fully saturated rings. The van der Waals surface area contributed by atoms with E-state index in [1.807, 2.05) is 0 Å². The monoisotopic (exact) mass is 158 g/mol. The van der Waals surface area contributed by atoms with Crippen LogP contribution in [0.25, 0.3) is 0 Å². The number of phosphoric acid groups is 1. The van der Waals surface area contributed by atoms with Crippen molar-refractivity contribution < 1.29 is 18.5 Å². The summed E-state index contributed by atoms with van der Waals surface area (Å²) in [4.78, 5) is 8.24. The highest BCUT2D eigenvalue weighted by molar-refractivity contribution is 7.47. The summed E-state index contributed by atoms with van der Waals surface area (Å²) in [5, 5.41) is 0. The average Bonchev–Trinajstić information content (AvgIpc) is 1.68. The number of hydrogen-bond donors (Lipinski definition) is 1. The molecule has 0 saturated heterocycles. The van der Waals surface area contributed by atoms with Crippen LogP contribution < -0.4 is 0 Å². The van der Waals surface area contributed by atoms with Crippen LogP contribution in [0.3, 0.4) is 0 Å². The molecule has 0 atom stereocenters. The van der Waals surface area contributed by atoms with Crippen molar-refractivity contribution in [3.8, 4) is 0 Å². The summed E-state index contributed by atoms with van der Waals surface area (Å²) >= 11 is 0. The lowest BCUT2D eigenvalue weighted by Gasteiger charge is -2.01. The topological polar surface area (TPSA) is 55.8 Å². The predicted octanol–water partition coefficient (Wildman–Crippen LogP) is 1.65. The molecule has 0 aromatic heterocycles. The van der Waals surface area contributed by atoms with E-state index in [-0.39, 0.29) is 14.9 Å². The third-order valence-electron chi connectivity index (χ3n) is 0.461. The van der Waals surface area contributed by atoms with Crippen LogP contribution in [0.5, 0.6) is 0 Å². The second-order valence-corrected chi connectivity index (χ2v) is 2.50. The molecule has 0 saturated carbocycles. The van der Waals surface area contributed by atoms with Gasteiger partial charge in [0, 0.05) is 14.2 Å². The van der Waals surface area contributed by atoms with Gasteiger partial charge >= 0.3 is 7.82 Å². The van der Waals surface area contributed by atoms with Crippen LogP contribution in [0.4, 0.5) is 0 Å². The lowest BCUT2D eigenvalue weighted by molar-refractivity contribution is 0.204. The molecule has 0 aromatic carbocycles. The fourth-order valence-electron chi connectivity index (χ4n) is 0.0745. The van der Waals surface area contributed by atoms with E-state index in [0.29, 0.717) is 0 Å². The van der Waals surface area contributed by atoms with Gasteiger partial charge < -0.3 is 4.89 Å². The zero-order chi connectivity index (χ0) is 5.91. The molecule has 0 aliphatic carbocycles. The second-order valence-electron chi connectivity index (χ2n) is 0.834. The van der Waals surface area contributed by atoms with Gasteiger partial charge in [0.1, 0.15) is 0 Å². The fraction of sp³-hybridized carbons (Fsp3) is 1.00. The zero-order valence-corrected chi connectivity index (χ0v) is 5.01. The first-order valence-corrected chi connectivity index (χ1v) is 3.06. The summed E-state index contributed by atoms with van der Waals surface area (Å²) in [5.41, 5.74) is 0. The third-order valence-corrected chi connectivity index (χ3v) is 1.38. The Balaban J connectivity index is -0.000000180. The summed E-state index contributed by atoms with van der Waals surface area (Å²) in [6, 6.07) is 0. The molecule has 0 aromatic rings. The Morgan fingerprint density at radius 2 is 1.44 bits per heavy atom. The molecule has 0 amide bonds. The first-order valence-electron chi connectivity index (χ1n) is 1.56. The Kier molecular flexibility index (Phi) is 11.1. The van der Waals surface area contributed by atoms with Crippen molar-refractivity contribution in [2.45, 2.75) is 14.9 Å². The largest absolute Gasteiger partial charge is 0.471 e. The maximum absolute atomic E-state index is 10.1. The highest BCUT2D eigenvalue weighted by atomic mass is 31.2. The van der Waals surface area contributed by atoms with Gasteiger partial charge in [-0.05, 0) is 0 Å². The molecule has 1 N–H and O–H groups in total. The van der Waals surface area contributed by atoms with Gasteiger partial charge in [0.15, 0.2) is 0 Å². The second kappa shape index (κ2) is 6.23. The highest BCUT2D eigenvalue weighted by Gasteiger charge is 2.13. The van der Waals surface area contributed by atoms with E-state index >= 15 is 0 Å². The van der Waals surface area contributed by atoms with Crippen LogP contribution in [0.1, 0.15) is 14.9 Å². The van der Waals surface area contributed by atoms with Gasteiger partial charge in [0.25, 0.3) is 0 Å². The minimum atomic E-state index is -3.65. The number of hydrogen-bond acceptors (Lipinski definition) is 3. The Hall–Kier alpha value is 0.110. The van der Waals surface area contributed by atoms with E-state index in [1.54, 1.807) is 0 Å². The van der Waals surface area contributed by atoms with Crippen molar-refractivity contribution >= 4 is 7.82 Å². The first kappa shape index (κ1) is 16.1. The molecule has 0 bridgehead atoms. The zero-order valence-electron chi connectivity index (χ0n) is 4.12. The molecule has 9 heavy (non-hydrogen) atoms. The van der Waals surface area contributed by atoms with Crippen molar-refractivity contribution in [3.63, 3.8) is 0 Å². The van der Waals surface area contributed by atoms with Gasteiger partial charge in [-0.1, -0.05) is 14.9 Å². The third kappa shape index (κ3) is 8.11. The van der Waals surface area contributed by atoms with Crippen molar-refractivity contribution in [2.24, 2.45) is 0 Å². The van der Waals surface area contributed by atoms with Gasteiger partial charge in [0.05, 0.1) is 0 Å². The summed E-state index contributed by atoms with van der Waals surface area (Å²) < 4.78 is 18.0. The molecule has 0 aliphatic heterocycles. The van der Waals surface area contributed by atoms with E-state index in [9.17, 15) is 4.57 Å². The summed E-state index contributed by atoms with van der Waals surface area (Å²) in [7, 11) is -1.45.